The highest BCUT2D eigenvalue weighted by molar-refractivity contribution is 5.93. The molecule has 0 aliphatic carbocycles. The number of aryl methyl sites for hydroxylation is 1. The van der Waals surface area contributed by atoms with E-state index in [-0.39, 0.29) is 6.03 Å². The second-order valence-corrected chi connectivity index (χ2v) is 6.72. The Hall–Kier alpha value is -2.49. The van der Waals surface area contributed by atoms with Gasteiger partial charge in [-0.15, -0.1) is 0 Å². The molecule has 0 spiro atoms. The summed E-state index contributed by atoms with van der Waals surface area (Å²) >= 11 is 0. The van der Waals surface area contributed by atoms with Crippen molar-refractivity contribution in [1.29, 1.82) is 0 Å². The Bertz CT molecular complexity index is 706. The van der Waals surface area contributed by atoms with Gasteiger partial charge >= 0.3 is 6.03 Å². The standard InChI is InChI=1S/C21H27N3O/c1-17-9-8-10-18(15-17)16-22-21(25)23-19-11-4-5-12-20(19)24-13-6-2-3-7-14-24/h4-5,8-12,15H,2-3,6-7,13-14,16H2,1H3,(H2,22,23,25). The zero-order chi connectivity index (χ0) is 17.5. The van der Waals surface area contributed by atoms with Crippen LogP contribution in [-0.2, 0) is 6.54 Å². The Balaban J connectivity index is 1.63. The maximum Gasteiger partial charge on any atom is 0.319 e. The first-order chi connectivity index (χ1) is 12.2. The fraction of sp³-hybridized carbons (Fsp3) is 0.381. The maximum absolute atomic E-state index is 12.3. The van der Waals surface area contributed by atoms with Gasteiger partial charge in [-0.2, -0.15) is 0 Å². The van der Waals surface area contributed by atoms with E-state index in [0.29, 0.717) is 6.54 Å². The van der Waals surface area contributed by atoms with Crippen molar-refractivity contribution in [3.05, 3.63) is 59.7 Å². The van der Waals surface area contributed by atoms with Crippen molar-refractivity contribution in [2.75, 3.05) is 23.3 Å². The number of urea groups is 1. The molecule has 1 heterocycles. The van der Waals surface area contributed by atoms with E-state index >= 15 is 0 Å². The molecule has 1 fully saturated rings. The minimum Gasteiger partial charge on any atom is -0.370 e. The molecule has 0 radical (unpaired) electrons. The number of carbonyl (C=O) groups excluding carboxylic acids is 1. The summed E-state index contributed by atoms with van der Waals surface area (Å²) in [5, 5.41) is 5.97. The number of rotatable bonds is 4. The topological polar surface area (TPSA) is 44.4 Å². The number of amides is 2. The number of anilines is 2. The lowest BCUT2D eigenvalue weighted by Gasteiger charge is -2.25. The van der Waals surface area contributed by atoms with Crippen LogP contribution < -0.4 is 15.5 Å². The van der Waals surface area contributed by atoms with Gasteiger partial charge in [0.25, 0.3) is 0 Å². The predicted molar refractivity (Wildman–Crippen MR) is 104 cm³/mol. The highest BCUT2D eigenvalue weighted by Gasteiger charge is 2.14. The van der Waals surface area contributed by atoms with Crippen molar-refractivity contribution in [3.63, 3.8) is 0 Å². The van der Waals surface area contributed by atoms with Crippen LogP contribution in [0.1, 0.15) is 36.8 Å². The third-order valence-electron chi connectivity index (χ3n) is 4.63. The zero-order valence-electron chi connectivity index (χ0n) is 14.9. The van der Waals surface area contributed by atoms with E-state index in [9.17, 15) is 4.79 Å². The van der Waals surface area contributed by atoms with Gasteiger partial charge in [-0.3, -0.25) is 0 Å². The number of nitrogens with zero attached hydrogens (tertiary/aromatic N) is 1. The minimum absolute atomic E-state index is 0.163. The first kappa shape index (κ1) is 17.3. The molecule has 1 saturated heterocycles. The Morgan fingerprint density at radius 2 is 1.76 bits per heavy atom. The van der Waals surface area contributed by atoms with Crippen molar-refractivity contribution < 1.29 is 4.79 Å². The van der Waals surface area contributed by atoms with Gasteiger partial charge in [0.2, 0.25) is 0 Å². The number of benzene rings is 2. The summed E-state index contributed by atoms with van der Waals surface area (Å²) in [6.45, 7) is 4.70. The number of carbonyl (C=O) groups is 1. The maximum atomic E-state index is 12.3. The summed E-state index contributed by atoms with van der Waals surface area (Å²) < 4.78 is 0. The molecule has 2 amide bonds. The van der Waals surface area contributed by atoms with Crippen molar-refractivity contribution >= 4 is 17.4 Å². The van der Waals surface area contributed by atoms with Crippen LogP contribution in [0.25, 0.3) is 0 Å². The molecule has 132 valence electrons. The molecule has 0 saturated carbocycles. The fourth-order valence-electron chi connectivity index (χ4n) is 3.34. The van der Waals surface area contributed by atoms with E-state index < -0.39 is 0 Å². The molecule has 4 nitrogen and oxygen atoms in total. The molecule has 2 aromatic carbocycles. The van der Waals surface area contributed by atoms with Gasteiger partial charge in [0.15, 0.2) is 0 Å². The molecule has 0 aromatic heterocycles. The van der Waals surface area contributed by atoms with Gasteiger partial charge in [0, 0.05) is 19.6 Å². The molecule has 2 N–H and O–H groups in total. The van der Waals surface area contributed by atoms with E-state index in [1.54, 1.807) is 0 Å². The summed E-state index contributed by atoms with van der Waals surface area (Å²) in [6, 6.07) is 16.1. The van der Waals surface area contributed by atoms with Gasteiger partial charge in [-0.1, -0.05) is 54.8 Å². The summed E-state index contributed by atoms with van der Waals surface area (Å²) in [6.07, 6.45) is 5.02. The highest BCUT2D eigenvalue weighted by Crippen LogP contribution is 2.27. The SMILES string of the molecule is Cc1cccc(CNC(=O)Nc2ccccc2N2CCCCCC2)c1. The monoisotopic (exact) mass is 337 g/mol. The van der Waals surface area contributed by atoms with Crippen molar-refractivity contribution in [1.82, 2.24) is 5.32 Å². The zero-order valence-corrected chi connectivity index (χ0v) is 14.9. The lowest BCUT2D eigenvalue weighted by atomic mass is 10.1. The van der Waals surface area contributed by atoms with E-state index in [1.165, 1.54) is 31.2 Å². The molecule has 25 heavy (non-hydrogen) atoms. The van der Waals surface area contributed by atoms with Crippen LogP contribution in [0.3, 0.4) is 0 Å². The summed E-state index contributed by atoms with van der Waals surface area (Å²) in [5.74, 6) is 0. The van der Waals surface area contributed by atoms with Crippen molar-refractivity contribution in [2.45, 2.75) is 39.2 Å². The second-order valence-electron chi connectivity index (χ2n) is 6.72. The highest BCUT2D eigenvalue weighted by atomic mass is 16.2. The summed E-state index contributed by atoms with van der Waals surface area (Å²) in [7, 11) is 0. The Labute approximate surface area is 150 Å². The van der Waals surface area contributed by atoms with Gasteiger partial charge < -0.3 is 15.5 Å². The number of para-hydroxylation sites is 2. The minimum atomic E-state index is -0.163. The smallest absolute Gasteiger partial charge is 0.319 e. The van der Waals surface area contributed by atoms with Crippen LogP contribution in [-0.4, -0.2) is 19.1 Å². The molecule has 4 heteroatoms. The predicted octanol–water partition coefficient (Wildman–Crippen LogP) is 4.70. The lowest BCUT2D eigenvalue weighted by Crippen LogP contribution is -2.30. The van der Waals surface area contributed by atoms with Crippen LogP contribution in [0, 0.1) is 6.92 Å². The molecule has 3 rings (SSSR count). The van der Waals surface area contributed by atoms with Crippen molar-refractivity contribution in [3.8, 4) is 0 Å². The number of hydrogen-bond donors (Lipinski definition) is 2. The van der Waals surface area contributed by atoms with Crippen LogP contribution in [0.4, 0.5) is 16.2 Å². The van der Waals surface area contributed by atoms with Crippen LogP contribution in [0.15, 0.2) is 48.5 Å². The molecule has 1 aliphatic rings. The van der Waals surface area contributed by atoms with E-state index in [0.717, 1.165) is 30.0 Å². The first-order valence-corrected chi connectivity index (χ1v) is 9.17. The fourth-order valence-corrected chi connectivity index (χ4v) is 3.34. The van der Waals surface area contributed by atoms with Crippen LogP contribution in [0.2, 0.25) is 0 Å². The molecule has 0 bridgehead atoms. The summed E-state index contributed by atoms with van der Waals surface area (Å²) in [5.41, 5.74) is 4.31. The van der Waals surface area contributed by atoms with Gasteiger partial charge in [0.05, 0.1) is 11.4 Å². The average Bonchev–Trinajstić information content (AvgIpc) is 2.90. The number of hydrogen-bond acceptors (Lipinski definition) is 2. The van der Waals surface area contributed by atoms with Crippen LogP contribution >= 0.6 is 0 Å². The molecule has 2 aromatic rings. The summed E-state index contributed by atoms with van der Waals surface area (Å²) in [4.78, 5) is 14.7. The Morgan fingerprint density at radius 1 is 1.00 bits per heavy atom. The Morgan fingerprint density at radius 3 is 2.52 bits per heavy atom. The molecule has 0 unspecified atom stereocenters. The quantitative estimate of drug-likeness (QED) is 0.849. The molecule has 0 atom stereocenters. The van der Waals surface area contributed by atoms with Gasteiger partial charge in [-0.05, 0) is 37.5 Å². The van der Waals surface area contributed by atoms with Gasteiger partial charge in [0.1, 0.15) is 0 Å². The molecule has 1 aliphatic heterocycles. The number of nitrogens with one attached hydrogen (secondary N) is 2. The normalized spacial score (nSPS) is 14.7. The van der Waals surface area contributed by atoms with Crippen molar-refractivity contribution in [2.24, 2.45) is 0 Å². The van der Waals surface area contributed by atoms with E-state index in [4.69, 9.17) is 0 Å². The average molecular weight is 337 g/mol. The Kier molecular flexibility index (Phi) is 5.94. The first-order valence-electron chi connectivity index (χ1n) is 9.17. The van der Waals surface area contributed by atoms with E-state index in [2.05, 4.69) is 40.7 Å². The second kappa shape index (κ2) is 8.56. The third kappa shape index (κ3) is 4.99. The van der Waals surface area contributed by atoms with Crippen LogP contribution in [0.5, 0.6) is 0 Å². The third-order valence-corrected chi connectivity index (χ3v) is 4.63. The van der Waals surface area contributed by atoms with Gasteiger partial charge in [-0.25, -0.2) is 4.79 Å². The van der Waals surface area contributed by atoms with E-state index in [1.807, 2.05) is 30.3 Å². The largest absolute Gasteiger partial charge is 0.370 e. The molecular formula is C21H27N3O. The molecular weight excluding hydrogens is 310 g/mol. The lowest BCUT2D eigenvalue weighted by molar-refractivity contribution is 0.251.